The number of hydrogen-bond acceptors (Lipinski definition) is 3. The van der Waals surface area contributed by atoms with E-state index in [0.29, 0.717) is 6.54 Å². The first-order valence-electron chi connectivity index (χ1n) is 5.50. The molecule has 0 bridgehead atoms. The molecule has 0 aliphatic rings. The lowest BCUT2D eigenvalue weighted by molar-refractivity contribution is 0.0349. The van der Waals surface area contributed by atoms with Crippen molar-refractivity contribution < 1.29 is 4.74 Å². The van der Waals surface area contributed by atoms with Crippen LogP contribution in [0.2, 0.25) is 0 Å². The molecule has 0 aliphatic heterocycles. The molecule has 0 heterocycles. The Bertz CT molecular complexity index is 138. The maximum atomic E-state index is 5.86. The molecule has 0 aromatic carbocycles. The van der Waals surface area contributed by atoms with Gasteiger partial charge in [-0.2, -0.15) is 0 Å². The average molecular weight is 202 g/mol. The molecule has 0 radical (unpaired) electrons. The Morgan fingerprint density at radius 3 is 2.14 bits per heavy atom. The van der Waals surface area contributed by atoms with Crippen LogP contribution < -0.4 is 5.73 Å². The number of methoxy groups -OCH3 is 1. The Labute approximate surface area is 88.6 Å². The van der Waals surface area contributed by atoms with Crippen molar-refractivity contribution in [2.24, 2.45) is 5.73 Å². The fraction of sp³-hybridized carbons (Fsp3) is 1.00. The molecule has 2 N–H and O–H groups in total. The molecule has 14 heavy (non-hydrogen) atoms. The van der Waals surface area contributed by atoms with E-state index in [1.165, 1.54) is 0 Å². The van der Waals surface area contributed by atoms with Crippen LogP contribution in [0.5, 0.6) is 0 Å². The van der Waals surface area contributed by atoms with E-state index in [0.717, 1.165) is 19.4 Å². The summed E-state index contributed by atoms with van der Waals surface area (Å²) in [5, 5.41) is 0. The van der Waals surface area contributed by atoms with E-state index in [1.54, 1.807) is 7.11 Å². The second-order valence-corrected chi connectivity index (χ2v) is 4.06. The van der Waals surface area contributed by atoms with Gasteiger partial charge in [-0.25, -0.2) is 0 Å². The van der Waals surface area contributed by atoms with Crippen molar-refractivity contribution in [3.05, 3.63) is 0 Å². The summed E-state index contributed by atoms with van der Waals surface area (Å²) in [4.78, 5) is 2.33. The summed E-state index contributed by atoms with van der Waals surface area (Å²) in [5.74, 6) is 0. The molecule has 0 amide bonds. The van der Waals surface area contributed by atoms with Crippen molar-refractivity contribution in [3.63, 3.8) is 0 Å². The lowest BCUT2D eigenvalue weighted by Crippen LogP contribution is -2.53. The number of ether oxygens (including phenoxy) is 1. The first kappa shape index (κ1) is 13.9. The van der Waals surface area contributed by atoms with Crippen LogP contribution in [0.1, 0.15) is 33.6 Å². The van der Waals surface area contributed by atoms with Gasteiger partial charge in [-0.05, 0) is 26.8 Å². The van der Waals surface area contributed by atoms with E-state index in [4.69, 9.17) is 10.5 Å². The normalized spacial score (nSPS) is 14.8. The van der Waals surface area contributed by atoms with Crippen LogP contribution in [0.25, 0.3) is 0 Å². The second kappa shape index (κ2) is 6.38. The van der Waals surface area contributed by atoms with Crippen molar-refractivity contribution in [1.82, 2.24) is 4.90 Å². The highest BCUT2D eigenvalue weighted by molar-refractivity contribution is 4.88. The van der Waals surface area contributed by atoms with Crippen LogP contribution in [-0.4, -0.2) is 43.8 Å². The average Bonchev–Trinajstić information content (AvgIpc) is 2.21. The van der Waals surface area contributed by atoms with Crippen molar-refractivity contribution in [2.45, 2.75) is 45.3 Å². The minimum atomic E-state index is 0.146. The predicted octanol–water partition coefficient (Wildman–Crippen LogP) is 1.47. The third kappa shape index (κ3) is 3.23. The van der Waals surface area contributed by atoms with Crippen LogP contribution in [0.15, 0.2) is 0 Å². The van der Waals surface area contributed by atoms with E-state index in [2.05, 4.69) is 32.7 Å². The van der Waals surface area contributed by atoms with E-state index in [-0.39, 0.29) is 11.6 Å². The van der Waals surface area contributed by atoms with Gasteiger partial charge in [0.15, 0.2) is 0 Å². The number of hydrogen-bond donors (Lipinski definition) is 1. The summed E-state index contributed by atoms with van der Waals surface area (Å²) in [6, 6.07) is 0. The van der Waals surface area contributed by atoms with Gasteiger partial charge < -0.3 is 10.5 Å². The van der Waals surface area contributed by atoms with Gasteiger partial charge in [-0.1, -0.05) is 13.8 Å². The standard InChI is InChI=1S/C11H26N2O/c1-6-11(7-2,9-12)13(4)8-10(3)14-5/h10H,6-9,12H2,1-5H3. The second-order valence-electron chi connectivity index (χ2n) is 4.06. The van der Waals surface area contributed by atoms with Crippen molar-refractivity contribution >= 4 is 0 Å². The Hall–Kier alpha value is -0.120. The highest BCUT2D eigenvalue weighted by atomic mass is 16.5. The molecule has 0 aliphatic carbocycles. The monoisotopic (exact) mass is 202 g/mol. The zero-order chi connectivity index (χ0) is 11.2. The molecule has 1 atom stereocenters. The van der Waals surface area contributed by atoms with Crippen molar-refractivity contribution in [1.29, 1.82) is 0 Å². The van der Waals surface area contributed by atoms with Gasteiger partial charge in [0.25, 0.3) is 0 Å². The molecule has 0 saturated carbocycles. The van der Waals surface area contributed by atoms with Crippen LogP contribution >= 0.6 is 0 Å². The third-order valence-corrected chi connectivity index (χ3v) is 3.44. The zero-order valence-corrected chi connectivity index (χ0v) is 10.3. The largest absolute Gasteiger partial charge is 0.380 e. The number of likely N-dealkylation sites (N-methyl/N-ethyl adjacent to an activating group) is 1. The smallest absolute Gasteiger partial charge is 0.0670 e. The van der Waals surface area contributed by atoms with Gasteiger partial charge in [0.2, 0.25) is 0 Å². The Morgan fingerprint density at radius 2 is 1.86 bits per heavy atom. The van der Waals surface area contributed by atoms with Gasteiger partial charge in [0.1, 0.15) is 0 Å². The third-order valence-electron chi connectivity index (χ3n) is 3.44. The SMILES string of the molecule is CCC(CC)(CN)N(C)CC(C)OC. The first-order chi connectivity index (χ1) is 6.56. The van der Waals surface area contributed by atoms with Gasteiger partial charge in [0, 0.05) is 25.7 Å². The summed E-state index contributed by atoms with van der Waals surface area (Å²) >= 11 is 0. The highest BCUT2D eigenvalue weighted by Crippen LogP contribution is 2.21. The number of nitrogens with zero attached hydrogens (tertiary/aromatic N) is 1. The van der Waals surface area contributed by atoms with Gasteiger partial charge in [0.05, 0.1) is 6.10 Å². The molecule has 0 spiro atoms. The molecule has 86 valence electrons. The first-order valence-corrected chi connectivity index (χ1v) is 5.50. The molecule has 0 aromatic heterocycles. The fourth-order valence-electron chi connectivity index (χ4n) is 1.89. The summed E-state index contributed by atoms with van der Waals surface area (Å²) in [7, 11) is 3.88. The lowest BCUT2D eigenvalue weighted by Gasteiger charge is -2.41. The predicted molar refractivity (Wildman–Crippen MR) is 61.5 cm³/mol. The molecule has 0 rings (SSSR count). The van der Waals surface area contributed by atoms with Gasteiger partial charge in [-0.15, -0.1) is 0 Å². The maximum absolute atomic E-state index is 5.86. The summed E-state index contributed by atoms with van der Waals surface area (Å²) < 4.78 is 5.27. The van der Waals surface area contributed by atoms with E-state index in [9.17, 15) is 0 Å². The summed E-state index contributed by atoms with van der Waals surface area (Å²) in [6.45, 7) is 8.14. The number of nitrogens with two attached hydrogens (primary N) is 1. The van der Waals surface area contributed by atoms with Crippen LogP contribution in [-0.2, 0) is 4.74 Å². The maximum Gasteiger partial charge on any atom is 0.0670 e. The van der Waals surface area contributed by atoms with Crippen molar-refractivity contribution in [2.75, 3.05) is 27.2 Å². The molecule has 0 fully saturated rings. The fourth-order valence-corrected chi connectivity index (χ4v) is 1.89. The van der Waals surface area contributed by atoms with Crippen LogP contribution in [0, 0.1) is 0 Å². The minimum Gasteiger partial charge on any atom is -0.380 e. The zero-order valence-electron chi connectivity index (χ0n) is 10.3. The van der Waals surface area contributed by atoms with Crippen molar-refractivity contribution in [3.8, 4) is 0 Å². The Kier molecular flexibility index (Phi) is 6.33. The quantitative estimate of drug-likeness (QED) is 0.679. The van der Waals surface area contributed by atoms with E-state index >= 15 is 0 Å². The van der Waals surface area contributed by atoms with Gasteiger partial charge >= 0.3 is 0 Å². The topological polar surface area (TPSA) is 38.5 Å². The van der Waals surface area contributed by atoms with E-state index < -0.39 is 0 Å². The van der Waals surface area contributed by atoms with E-state index in [1.807, 2.05) is 0 Å². The Morgan fingerprint density at radius 1 is 1.36 bits per heavy atom. The molecule has 3 heteroatoms. The molecular formula is C11H26N2O. The highest BCUT2D eigenvalue weighted by Gasteiger charge is 2.29. The molecule has 0 aromatic rings. The minimum absolute atomic E-state index is 0.146. The summed E-state index contributed by atoms with van der Waals surface area (Å²) in [6.07, 6.45) is 2.45. The molecule has 1 unspecified atom stereocenters. The van der Waals surface area contributed by atoms with Crippen LogP contribution in [0.3, 0.4) is 0 Å². The van der Waals surface area contributed by atoms with Gasteiger partial charge in [-0.3, -0.25) is 4.90 Å². The summed E-state index contributed by atoms with van der Waals surface area (Å²) in [5.41, 5.74) is 6.01. The molecule has 0 saturated heterocycles. The molecular weight excluding hydrogens is 176 g/mol. The Balaban J connectivity index is 4.35. The lowest BCUT2D eigenvalue weighted by atomic mass is 9.91. The van der Waals surface area contributed by atoms with Crippen LogP contribution in [0.4, 0.5) is 0 Å². The molecule has 3 nitrogen and oxygen atoms in total. The number of rotatable bonds is 7.